The van der Waals surface area contributed by atoms with E-state index in [-0.39, 0.29) is 0 Å². The van der Waals surface area contributed by atoms with Gasteiger partial charge in [0.15, 0.2) is 0 Å². The Morgan fingerprint density at radius 3 is 2.38 bits per heavy atom. The molecular formula is C12H15F3O. The average molecular weight is 232 g/mol. The van der Waals surface area contributed by atoms with Crippen LogP contribution in [0, 0.1) is 6.92 Å². The lowest BCUT2D eigenvalue weighted by atomic mass is 10.00. The first-order chi connectivity index (χ1) is 7.30. The number of hydrogen-bond donors (Lipinski definition) is 1. The summed E-state index contributed by atoms with van der Waals surface area (Å²) in [6, 6.07) is 3.72. The molecule has 0 fully saturated rings. The van der Waals surface area contributed by atoms with Gasteiger partial charge in [0.25, 0.3) is 0 Å². The molecule has 4 heteroatoms. The molecule has 0 aliphatic rings. The lowest BCUT2D eigenvalue weighted by Crippen LogP contribution is -2.07. The third-order valence-corrected chi connectivity index (χ3v) is 2.50. The number of benzene rings is 1. The molecule has 1 aromatic carbocycles. The van der Waals surface area contributed by atoms with Gasteiger partial charge in [0, 0.05) is 0 Å². The predicted molar refractivity (Wildman–Crippen MR) is 56.2 cm³/mol. The van der Waals surface area contributed by atoms with Crippen molar-refractivity contribution < 1.29 is 18.3 Å². The normalized spacial score (nSPS) is 13.9. The van der Waals surface area contributed by atoms with Crippen molar-refractivity contribution in [2.75, 3.05) is 0 Å². The third kappa shape index (κ3) is 3.52. The molecule has 0 amide bonds. The van der Waals surface area contributed by atoms with Crippen molar-refractivity contribution in [2.45, 2.75) is 39.0 Å². The van der Waals surface area contributed by atoms with Crippen LogP contribution in [0.1, 0.15) is 30.0 Å². The first-order valence-electron chi connectivity index (χ1n) is 5.15. The monoisotopic (exact) mass is 232 g/mol. The van der Waals surface area contributed by atoms with Crippen molar-refractivity contribution >= 4 is 0 Å². The second-order valence-electron chi connectivity index (χ2n) is 4.03. The molecule has 1 rings (SSSR count). The van der Waals surface area contributed by atoms with Gasteiger partial charge in [-0.15, -0.1) is 0 Å². The molecule has 1 aromatic rings. The Kier molecular flexibility index (Phi) is 3.97. The van der Waals surface area contributed by atoms with Crippen molar-refractivity contribution in [1.82, 2.24) is 0 Å². The zero-order chi connectivity index (χ0) is 12.3. The molecule has 1 atom stereocenters. The van der Waals surface area contributed by atoms with E-state index in [1.165, 1.54) is 6.07 Å². The Balaban J connectivity index is 2.84. The number of halogens is 3. The lowest BCUT2D eigenvalue weighted by molar-refractivity contribution is -0.137. The average Bonchev–Trinajstić information content (AvgIpc) is 2.14. The molecule has 0 radical (unpaired) electrons. The van der Waals surface area contributed by atoms with Crippen LogP contribution in [0.25, 0.3) is 0 Å². The lowest BCUT2D eigenvalue weighted by Gasteiger charge is -2.11. The number of rotatable bonds is 3. The fourth-order valence-electron chi connectivity index (χ4n) is 1.52. The van der Waals surface area contributed by atoms with Crippen molar-refractivity contribution in [1.29, 1.82) is 0 Å². The second kappa shape index (κ2) is 4.87. The maximum absolute atomic E-state index is 12.4. The Morgan fingerprint density at radius 1 is 1.31 bits per heavy atom. The van der Waals surface area contributed by atoms with Crippen molar-refractivity contribution in [3.63, 3.8) is 0 Å². The van der Waals surface area contributed by atoms with Gasteiger partial charge >= 0.3 is 6.18 Å². The minimum Gasteiger partial charge on any atom is -0.393 e. The van der Waals surface area contributed by atoms with E-state index in [1.807, 2.05) is 0 Å². The van der Waals surface area contributed by atoms with Crippen molar-refractivity contribution in [3.8, 4) is 0 Å². The quantitative estimate of drug-likeness (QED) is 0.847. The van der Waals surface area contributed by atoms with Gasteiger partial charge in [-0.3, -0.25) is 0 Å². The van der Waals surface area contributed by atoms with Crippen LogP contribution >= 0.6 is 0 Å². The van der Waals surface area contributed by atoms with Gasteiger partial charge in [0.2, 0.25) is 0 Å². The Hall–Kier alpha value is -1.03. The van der Waals surface area contributed by atoms with Crippen LogP contribution in [-0.4, -0.2) is 11.2 Å². The Morgan fingerprint density at radius 2 is 1.94 bits per heavy atom. The summed E-state index contributed by atoms with van der Waals surface area (Å²) >= 11 is 0. The molecule has 0 aliphatic heterocycles. The number of aryl methyl sites for hydroxylation is 2. The van der Waals surface area contributed by atoms with Crippen LogP contribution in [0.2, 0.25) is 0 Å². The molecule has 1 N–H and O–H groups in total. The fraction of sp³-hybridized carbons (Fsp3) is 0.500. The minimum absolute atomic E-state index is 0.429. The summed E-state index contributed by atoms with van der Waals surface area (Å²) in [6.45, 7) is 3.33. The number of alkyl halides is 3. The molecule has 0 aliphatic carbocycles. The highest BCUT2D eigenvalue weighted by Crippen LogP contribution is 2.30. The molecule has 0 saturated carbocycles. The molecule has 90 valence electrons. The van der Waals surface area contributed by atoms with Gasteiger partial charge in [-0.2, -0.15) is 13.2 Å². The summed E-state index contributed by atoms with van der Waals surface area (Å²) < 4.78 is 37.1. The highest BCUT2D eigenvalue weighted by molar-refractivity contribution is 5.32. The molecule has 1 unspecified atom stereocenters. The van der Waals surface area contributed by atoms with Gasteiger partial charge in [-0.05, 0) is 49.9 Å². The molecule has 0 aromatic heterocycles. The maximum atomic E-state index is 12.4. The first-order valence-corrected chi connectivity index (χ1v) is 5.15. The Labute approximate surface area is 92.9 Å². The molecule has 16 heavy (non-hydrogen) atoms. The molecule has 0 saturated heterocycles. The van der Waals surface area contributed by atoms with Crippen LogP contribution in [0.3, 0.4) is 0 Å². The van der Waals surface area contributed by atoms with Crippen LogP contribution in [-0.2, 0) is 12.6 Å². The van der Waals surface area contributed by atoms with Gasteiger partial charge in [-0.25, -0.2) is 0 Å². The molecular weight excluding hydrogens is 217 g/mol. The minimum atomic E-state index is -4.28. The van der Waals surface area contributed by atoms with E-state index in [0.29, 0.717) is 18.4 Å². The van der Waals surface area contributed by atoms with Crippen LogP contribution in [0.15, 0.2) is 18.2 Å². The van der Waals surface area contributed by atoms with E-state index < -0.39 is 17.8 Å². The summed E-state index contributed by atoms with van der Waals surface area (Å²) in [5, 5.41) is 9.11. The molecule has 1 nitrogen and oxygen atoms in total. The smallest absolute Gasteiger partial charge is 0.393 e. The van der Waals surface area contributed by atoms with Crippen LogP contribution in [0.4, 0.5) is 13.2 Å². The number of hydrogen-bond acceptors (Lipinski definition) is 1. The van der Waals surface area contributed by atoms with Gasteiger partial charge in [0.1, 0.15) is 0 Å². The van der Waals surface area contributed by atoms with E-state index in [9.17, 15) is 13.2 Å². The fourth-order valence-corrected chi connectivity index (χ4v) is 1.52. The summed E-state index contributed by atoms with van der Waals surface area (Å²) in [5.74, 6) is 0. The molecule has 0 spiro atoms. The highest BCUT2D eigenvalue weighted by Gasteiger charge is 2.30. The molecule has 0 bridgehead atoms. The zero-order valence-corrected chi connectivity index (χ0v) is 9.30. The van der Waals surface area contributed by atoms with E-state index in [4.69, 9.17) is 5.11 Å². The topological polar surface area (TPSA) is 20.2 Å². The van der Waals surface area contributed by atoms with E-state index in [2.05, 4.69) is 0 Å². The summed E-state index contributed by atoms with van der Waals surface area (Å²) in [6.07, 6.45) is -3.55. The van der Waals surface area contributed by atoms with Gasteiger partial charge in [-0.1, -0.05) is 6.07 Å². The van der Waals surface area contributed by atoms with Crippen molar-refractivity contribution in [3.05, 3.63) is 34.9 Å². The van der Waals surface area contributed by atoms with Crippen LogP contribution in [0.5, 0.6) is 0 Å². The van der Waals surface area contributed by atoms with E-state index in [1.54, 1.807) is 13.8 Å². The Bertz CT molecular complexity index is 356. The van der Waals surface area contributed by atoms with Gasteiger partial charge in [0.05, 0.1) is 11.7 Å². The SMILES string of the molecule is Cc1cc(C(F)(F)F)ccc1CCC(C)O. The zero-order valence-electron chi connectivity index (χ0n) is 9.30. The first kappa shape index (κ1) is 13.0. The van der Waals surface area contributed by atoms with E-state index in [0.717, 1.165) is 17.7 Å². The standard InChI is InChI=1S/C12H15F3O/c1-8-7-11(12(13,14)15)6-5-10(8)4-3-9(2)16/h5-7,9,16H,3-4H2,1-2H3. The van der Waals surface area contributed by atoms with Crippen LogP contribution < -0.4 is 0 Å². The number of aliphatic hydroxyl groups excluding tert-OH is 1. The summed E-state index contributed by atoms with van der Waals surface area (Å²) in [5.41, 5.74) is 0.857. The summed E-state index contributed by atoms with van der Waals surface area (Å²) in [7, 11) is 0. The number of aliphatic hydroxyl groups is 1. The maximum Gasteiger partial charge on any atom is 0.416 e. The van der Waals surface area contributed by atoms with E-state index >= 15 is 0 Å². The highest BCUT2D eigenvalue weighted by atomic mass is 19.4. The van der Waals surface area contributed by atoms with Gasteiger partial charge < -0.3 is 5.11 Å². The molecule has 0 heterocycles. The third-order valence-electron chi connectivity index (χ3n) is 2.50. The predicted octanol–water partition coefficient (Wildman–Crippen LogP) is 3.33. The second-order valence-corrected chi connectivity index (χ2v) is 4.03. The largest absolute Gasteiger partial charge is 0.416 e. The van der Waals surface area contributed by atoms with Crippen molar-refractivity contribution in [2.24, 2.45) is 0 Å². The summed E-state index contributed by atoms with van der Waals surface area (Å²) in [4.78, 5) is 0.